The molecule has 0 aromatic rings. The van der Waals surface area contributed by atoms with Crippen LogP contribution >= 0.6 is 0 Å². The number of rotatable bonds is 28. The number of hydrogen-bond acceptors (Lipinski definition) is 37. The zero-order chi connectivity index (χ0) is 79.5. The van der Waals surface area contributed by atoms with E-state index in [9.17, 15) is 106 Å². The summed E-state index contributed by atoms with van der Waals surface area (Å²) in [5.74, 6) is -7.82. The standard InChI is InChI=1S/C72H110O38/c1-95-42-18-31(6-13-38(42)76)8-16-52(81)98-27-47-57(86)60(89)64(93)69(106-47)101-35-11-4-30(5-12-35)7-15-51(80)99-28-49-59(88)63(92)68(110-72-67(62(91)56(85)46(26-73)105-72)109-53(82)17-9-32-19-43(96-2)55(84)44(20-32)97-3)71(108-49)104-45-24-36-40(102-66(45)33-10-14-37(75)39(77)21-33)22-34(74)23-41(36)103-70-65(94)61(90)58(87)48(107-70)29-100-54(83)25-50(78)79/h7-9,15-17,30-49,55-77,84-94H,4-6,10-14,18-29H2,1-3H3,(H,78,79). The van der Waals surface area contributed by atoms with Gasteiger partial charge in [0.25, 0.3) is 0 Å². The van der Waals surface area contributed by atoms with E-state index in [-0.39, 0.29) is 69.3 Å². The zero-order valence-electron chi connectivity index (χ0n) is 61.2. The molecular formula is C72H110O38. The smallest absolute Gasteiger partial charge is 0.330 e. The fraction of sp³-hybridized carbons (Fsp3) is 0.847. The van der Waals surface area contributed by atoms with Crippen molar-refractivity contribution < 1.29 is 187 Å². The minimum atomic E-state index is -2.17. The van der Waals surface area contributed by atoms with Crippen molar-refractivity contribution in [3.05, 3.63) is 36.5 Å². The van der Waals surface area contributed by atoms with E-state index in [2.05, 4.69) is 0 Å². The summed E-state index contributed by atoms with van der Waals surface area (Å²) < 4.78 is 94.6. The third kappa shape index (κ3) is 22.1. The average molecular weight is 1580 g/mol. The Bertz CT molecular complexity index is 3020. The summed E-state index contributed by atoms with van der Waals surface area (Å²) in [4.78, 5) is 63.6. The van der Waals surface area contributed by atoms with Crippen molar-refractivity contribution in [2.45, 2.75) is 305 Å². The molecular weight excluding hydrogens is 1470 g/mol. The van der Waals surface area contributed by atoms with Crippen LogP contribution in [0.3, 0.4) is 0 Å². The number of carbonyl (C=O) groups excluding carboxylic acids is 4. The Kier molecular flexibility index (Phi) is 32.2. The highest BCUT2D eigenvalue weighted by atomic mass is 16.8. The number of methoxy groups -OCH3 is 3. The van der Waals surface area contributed by atoms with Crippen molar-refractivity contribution in [1.82, 2.24) is 0 Å². The summed E-state index contributed by atoms with van der Waals surface area (Å²) in [5.41, 5.74) is 0. The van der Waals surface area contributed by atoms with E-state index in [1.165, 1.54) is 33.5 Å². The zero-order valence-corrected chi connectivity index (χ0v) is 61.2. The Morgan fingerprint density at radius 3 is 1.47 bits per heavy atom. The maximum Gasteiger partial charge on any atom is 0.330 e. The van der Waals surface area contributed by atoms with Gasteiger partial charge in [0.2, 0.25) is 0 Å². The van der Waals surface area contributed by atoms with Gasteiger partial charge in [-0.25, -0.2) is 14.4 Å². The summed E-state index contributed by atoms with van der Waals surface area (Å²) in [6, 6.07) is 0. The highest BCUT2D eigenvalue weighted by Gasteiger charge is 2.58. The Hall–Kier alpha value is -4.55. The van der Waals surface area contributed by atoms with Gasteiger partial charge in [0.1, 0.15) is 124 Å². The lowest BCUT2D eigenvalue weighted by atomic mass is 9.72. The van der Waals surface area contributed by atoms with Gasteiger partial charge in [0.15, 0.2) is 31.3 Å². The van der Waals surface area contributed by atoms with Gasteiger partial charge in [-0.1, -0.05) is 18.2 Å². The van der Waals surface area contributed by atoms with Gasteiger partial charge in [-0.05, 0) is 114 Å². The summed E-state index contributed by atoms with van der Waals surface area (Å²) in [5, 5.41) is 187. The third-order valence-corrected chi connectivity index (χ3v) is 23.0. The van der Waals surface area contributed by atoms with Crippen LogP contribution in [0.4, 0.5) is 0 Å². The third-order valence-electron chi connectivity index (χ3n) is 23.0. The highest BCUT2D eigenvalue weighted by molar-refractivity contribution is 5.90. The topological polar surface area (TPSA) is 577 Å². The van der Waals surface area contributed by atoms with Crippen molar-refractivity contribution in [2.24, 2.45) is 29.6 Å². The lowest BCUT2D eigenvalue weighted by molar-refractivity contribution is -0.380. The molecule has 10 fully saturated rings. The van der Waals surface area contributed by atoms with Gasteiger partial charge in [0.05, 0.1) is 79.9 Å². The van der Waals surface area contributed by atoms with Gasteiger partial charge in [-0.3, -0.25) is 9.59 Å². The monoisotopic (exact) mass is 1580 g/mol. The first-order valence-electron chi connectivity index (χ1n) is 37.7. The Balaban J connectivity index is 0.848. The van der Waals surface area contributed by atoms with Crippen LogP contribution in [0.1, 0.15) is 103 Å². The van der Waals surface area contributed by atoms with Gasteiger partial charge >= 0.3 is 29.8 Å². The average Bonchev–Trinajstić information content (AvgIpc) is 0.762. The molecule has 10 aliphatic rings. The SMILES string of the molecule is COC1CC(C=CC(=O)OCC2OC(OC3CCC(C=CC(=O)OCC4OC(OC5CC6C(OC7OC(COC(=O)CC(=O)O)C(O)C(O)C7O)CC(O)CC6OC5C5CCC(O)C(O)C5)C(OC5OC(CO)C(O)C(O)C5OC(=O)C=CC5CC(OC)C(O)C(OC)C5)C(O)C4O)CC3)C(O)C(O)C2O)CCC1O. The lowest BCUT2D eigenvalue weighted by Crippen LogP contribution is -2.66. The van der Waals surface area contributed by atoms with Crippen LogP contribution in [0.25, 0.3) is 0 Å². The minimum Gasteiger partial charge on any atom is -0.481 e. The molecule has 5 heterocycles. The number of carboxylic acids is 1. The molecule has 5 saturated heterocycles. The van der Waals surface area contributed by atoms with Crippen LogP contribution in [0, 0.1) is 29.6 Å². The Morgan fingerprint density at radius 1 is 0.391 bits per heavy atom. The van der Waals surface area contributed by atoms with Gasteiger partial charge in [-0.2, -0.15) is 0 Å². The fourth-order valence-electron chi connectivity index (χ4n) is 16.6. The molecule has 10 rings (SSSR count). The molecule has 626 valence electrons. The van der Waals surface area contributed by atoms with E-state index >= 15 is 0 Å². The lowest BCUT2D eigenvalue weighted by Gasteiger charge is -2.53. The second-order valence-electron chi connectivity index (χ2n) is 30.4. The molecule has 34 unspecified atom stereocenters. The molecule has 5 aliphatic carbocycles. The van der Waals surface area contributed by atoms with Crippen molar-refractivity contribution in [3.63, 3.8) is 0 Å². The van der Waals surface area contributed by atoms with Crippen LogP contribution in [-0.4, -0.2) is 367 Å². The number of carbonyl (C=O) groups is 5. The van der Waals surface area contributed by atoms with E-state index in [1.54, 1.807) is 12.2 Å². The van der Waals surface area contributed by atoms with Crippen LogP contribution in [0.2, 0.25) is 0 Å². The van der Waals surface area contributed by atoms with E-state index in [0.717, 1.165) is 12.2 Å². The van der Waals surface area contributed by atoms with E-state index in [1.807, 2.05) is 0 Å². The van der Waals surface area contributed by atoms with Gasteiger partial charge in [0, 0.05) is 51.9 Å². The minimum absolute atomic E-state index is 0.0371. The first kappa shape index (κ1) is 87.8. The highest BCUT2D eigenvalue weighted by Crippen LogP contribution is 2.46. The summed E-state index contributed by atoms with van der Waals surface area (Å²) in [6.45, 7) is -3.04. The number of esters is 4. The molecule has 17 N–H and O–H groups in total. The second kappa shape index (κ2) is 40.3. The number of ether oxygens (including phenoxy) is 16. The van der Waals surface area contributed by atoms with Crippen LogP contribution in [-0.2, 0) is 99.8 Å². The molecule has 0 radical (unpaired) electrons. The number of aliphatic carboxylic acids is 1. The molecule has 5 aliphatic heterocycles. The largest absolute Gasteiger partial charge is 0.481 e. The molecule has 0 spiro atoms. The van der Waals surface area contributed by atoms with Crippen molar-refractivity contribution in [2.75, 3.05) is 47.8 Å². The molecule has 38 nitrogen and oxygen atoms in total. The first-order valence-corrected chi connectivity index (χ1v) is 37.7. The van der Waals surface area contributed by atoms with E-state index < -0.39 is 277 Å². The van der Waals surface area contributed by atoms with Crippen LogP contribution < -0.4 is 0 Å². The number of aliphatic hydroxyl groups is 16. The summed E-state index contributed by atoms with van der Waals surface area (Å²) in [7, 11) is 4.29. The second-order valence-corrected chi connectivity index (χ2v) is 30.4. The Morgan fingerprint density at radius 2 is 0.882 bits per heavy atom. The van der Waals surface area contributed by atoms with Crippen LogP contribution in [0.5, 0.6) is 0 Å². The van der Waals surface area contributed by atoms with Crippen molar-refractivity contribution in [3.8, 4) is 0 Å². The number of hydrogen-bond donors (Lipinski definition) is 17. The quantitative estimate of drug-likeness (QED) is 0.0150. The fourth-order valence-corrected chi connectivity index (χ4v) is 16.6. The number of allylic oxidation sites excluding steroid dienone is 3. The Labute approximate surface area is 633 Å². The first-order chi connectivity index (χ1) is 52.4. The van der Waals surface area contributed by atoms with Gasteiger partial charge in [-0.15, -0.1) is 0 Å². The van der Waals surface area contributed by atoms with Crippen LogP contribution in [0.15, 0.2) is 36.5 Å². The summed E-state index contributed by atoms with van der Waals surface area (Å²) in [6.07, 6.45) is -38.3. The maximum absolute atomic E-state index is 13.8. The summed E-state index contributed by atoms with van der Waals surface area (Å²) >= 11 is 0. The number of carboxylic acid groups (broad SMARTS) is 1. The molecule has 0 aromatic carbocycles. The molecule has 0 bridgehead atoms. The van der Waals surface area contributed by atoms with Gasteiger partial charge < -0.3 is 163 Å². The van der Waals surface area contributed by atoms with Crippen molar-refractivity contribution in [1.29, 1.82) is 0 Å². The molecule has 110 heavy (non-hydrogen) atoms. The number of fused-ring (bicyclic) bond motifs is 1. The molecule has 5 saturated carbocycles. The molecule has 0 aromatic heterocycles. The molecule has 38 heteroatoms. The van der Waals surface area contributed by atoms with E-state index in [4.69, 9.17) is 80.9 Å². The predicted octanol–water partition coefficient (Wildman–Crippen LogP) is -5.67. The molecule has 34 atom stereocenters. The predicted molar refractivity (Wildman–Crippen MR) is 362 cm³/mol. The normalized spacial score (nSPS) is 45.6. The molecule has 0 amide bonds. The van der Waals surface area contributed by atoms with E-state index in [0.29, 0.717) is 44.9 Å². The van der Waals surface area contributed by atoms with Crippen molar-refractivity contribution >= 4 is 29.8 Å². The maximum atomic E-state index is 13.8. The number of aliphatic hydroxyl groups excluding tert-OH is 16.